The zero-order valence-corrected chi connectivity index (χ0v) is 12.1. The maximum Gasteiger partial charge on any atom is 0.335 e. The number of carbonyl (C=O) groups is 1. The number of aromatic carboxylic acids is 1. The molecule has 1 aromatic carbocycles. The Kier molecular flexibility index (Phi) is 3.28. The van der Waals surface area contributed by atoms with Crippen molar-refractivity contribution in [3.8, 4) is 0 Å². The van der Waals surface area contributed by atoms with E-state index in [9.17, 15) is 4.79 Å². The van der Waals surface area contributed by atoms with Crippen molar-refractivity contribution >= 4 is 16.9 Å². The molecule has 1 aliphatic carbocycles. The first-order valence-corrected chi connectivity index (χ1v) is 7.40. The van der Waals surface area contributed by atoms with Gasteiger partial charge in [0.25, 0.3) is 0 Å². The molecule has 0 atom stereocenters. The monoisotopic (exact) mass is 271 g/mol. The minimum Gasteiger partial charge on any atom is -0.478 e. The van der Waals surface area contributed by atoms with Gasteiger partial charge in [0.15, 0.2) is 0 Å². The number of carboxylic acids is 1. The zero-order valence-electron chi connectivity index (χ0n) is 12.1. The van der Waals surface area contributed by atoms with Crippen LogP contribution in [0.2, 0.25) is 0 Å². The van der Waals surface area contributed by atoms with Crippen LogP contribution in [0.1, 0.15) is 47.3 Å². The molecule has 0 aliphatic heterocycles. The molecular weight excluding hydrogens is 250 g/mol. The highest BCUT2D eigenvalue weighted by Gasteiger charge is 2.19. The van der Waals surface area contributed by atoms with Gasteiger partial charge in [-0.05, 0) is 56.4 Å². The Morgan fingerprint density at radius 3 is 2.65 bits per heavy atom. The highest BCUT2D eigenvalue weighted by atomic mass is 16.4. The summed E-state index contributed by atoms with van der Waals surface area (Å²) in [6.07, 6.45) is 5.35. The molecule has 0 amide bonds. The summed E-state index contributed by atoms with van der Waals surface area (Å²) in [7, 11) is 0. The van der Waals surface area contributed by atoms with Crippen LogP contribution in [0.15, 0.2) is 18.2 Å². The molecule has 3 nitrogen and oxygen atoms in total. The lowest BCUT2D eigenvalue weighted by atomic mass is 10.1. The van der Waals surface area contributed by atoms with Crippen LogP contribution in [0.25, 0.3) is 10.9 Å². The van der Waals surface area contributed by atoms with Crippen molar-refractivity contribution in [1.29, 1.82) is 0 Å². The van der Waals surface area contributed by atoms with Crippen LogP contribution < -0.4 is 0 Å². The van der Waals surface area contributed by atoms with Crippen LogP contribution in [0.5, 0.6) is 0 Å². The summed E-state index contributed by atoms with van der Waals surface area (Å²) in [5.41, 5.74) is 4.03. The van der Waals surface area contributed by atoms with Crippen molar-refractivity contribution in [2.45, 2.75) is 46.1 Å². The van der Waals surface area contributed by atoms with Crippen molar-refractivity contribution in [1.82, 2.24) is 4.57 Å². The highest BCUT2D eigenvalue weighted by molar-refractivity contribution is 5.95. The van der Waals surface area contributed by atoms with E-state index in [1.807, 2.05) is 12.1 Å². The number of benzene rings is 1. The van der Waals surface area contributed by atoms with E-state index in [-0.39, 0.29) is 0 Å². The first-order chi connectivity index (χ1) is 9.58. The topological polar surface area (TPSA) is 42.2 Å². The molecule has 0 bridgehead atoms. The zero-order chi connectivity index (χ0) is 14.3. The lowest BCUT2D eigenvalue weighted by Crippen LogP contribution is -2.08. The molecule has 1 aromatic heterocycles. The standard InChI is InChI=1S/C17H21NO2/c1-11-12(2)18(10-13-5-3-4-6-13)16-8-7-14(17(19)20)9-15(11)16/h7-9,13H,3-6,10H2,1-2H3,(H,19,20). The SMILES string of the molecule is Cc1c(C)n(CC2CCCC2)c2ccc(C(=O)O)cc12. The van der Waals surface area contributed by atoms with Crippen molar-refractivity contribution in [2.24, 2.45) is 5.92 Å². The first-order valence-electron chi connectivity index (χ1n) is 7.40. The van der Waals surface area contributed by atoms with Gasteiger partial charge in [-0.25, -0.2) is 4.79 Å². The largest absolute Gasteiger partial charge is 0.478 e. The maximum absolute atomic E-state index is 11.1. The molecule has 0 unspecified atom stereocenters. The lowest BCUT2D eigenvalue weighted by molar-refractivity contribution is 0.0697. The van der Waals surface area contributed by atoms with Gasteiger partial charge in [0.2, 0.25) is 0 Å². The number of carboxylic acid groups (broad SMARTS) is 1. The Bertz CT molecular complexity index is 663. The Labute approximate surface area is 119 Å². The summed E-state index contributed by atoms with van der Waals surface area (Å²) in [6.45, 7) is 5.31. The summed E-state index contributed by atoms with van der Waals surface area (Å²) >= 11 is 0. The highest BCUT2D eigenvalue weighted by Crippen LogP contribution is 2.31. The van der Waals surface area contributed by atoms with E-state index >= 15 is 0 Å². The fraction of sp³-hybridized carbons (Fsp3) is 0.471. The number of aromatic nitrogens is 1. The molecule has 1 heterocycles. The van der Waals surface area contributed by atoms with E-state index in [2.05, 4.69) is 18.4 Å². The number of rotatable bonds is 3. The van der Waals surface area contributed by atoms with Crippen molar-refractivity contribution < 1.29 is 9.90 Å². The van der Waals surface area contributed by atoms with Gasteiger partial charge in [0, 0.05) is 23.1 Å². The molecule has 0 saturated heterocycles. The van der Waals surface area contributed by atoms with E-state index in [0.717, 1.165) is 17.8 Å². The van der Waals surface area contributed by atoms with Crippen LogP contribution in [-0.2, 0) is 6.54 Å². The second-order valence-corrected chi connectivity index (χ2v) is 6.01. The number of nitrogens with zero attached hydrogens (tertiary/aromatic N) is 1. The van der Waals surface area contributed by atoms with Crippen LogP contribution in [-0.4, -0.2) is 15.6 Å². The van der Waals surface area contributed by atoms with E-state index in [1.54, 1.807) is 6.07 Å². The summed E-state index contributed by atoms with van der Waals surface area (Å²) in [5, 5.41) is 10.2. The smallest absolute Gasteiger partial charge is 0.335 e. The molecular formula is C17H21NO2. The Morgan fingerprint density at radius 1 is 1.30 bits per heavy atom. The molecule has 3 rings (SSSR count). The minimum absolute atomic E-state index is 0.374. The van der Waals surface area contributed by atoms with E-state index in [4.69, 9.17) is 5.11 Å². The Balaban J connectivity index is 2.07. The summed E-state index contributed by atoms with van der Waals surface area (Å²) < 4.78 is 2.38. The van der Waals surface area contributed by atoms with Gasteiger partial charge in [0.1, 0.15) is 0 Å². The van der Waals surface area contributed by atoms with Crippen molar-refractivity contribution in [3.63, 3.8) is 0 Å². The Hall–Kier alpha value is -1.77. The number of fused-ring (bicyclic) bond motifs is 1. The maximum atomic E-state index is 11.1. The van der Waals surface area contributed by atoms with Crippen LogP contribution in [0.3, 0.4) is 0 Å². The molecule has 1 saturated carbocycles. The fourth-order valence-electron chi connectivity index (χ4n) is 3.47. The first kappa shape index (κ1) is 13.2. The Morgan fingerprint density at radius 2 is 2.00 bits per heavy atom. The van der Waals surface area contributed by atoms with Gasteiger partial charge in [0.05, 0.1) is 5.56 Å². The summed E-state index contributed by atoms with van der Waals surface area (Å²) in [5.74, 6) is -0.0738. The average Bonchev–Trinajstić information content (AvgIpc) is 3.02. The van der Waals surface area contributed by atoms with Crippen molar-refractivity contribution in [2.75, 3.05) is 0 Å². The molecule has 3 heteroatoms. The molecule has 0 spiro atoms. The fourth-order valence-corrected chi connectivity index (χ4v) is 3.47. The van der Waals surface area contributed by atoms with E-state index in [1.165, 1.54) is 42.5 Å². The van der Waals surface area contributed by atoms with E-state index in [0.29, 0.717) is 5.56 Å². The third kappa shape index (κ3) is 2.11. The van der Waals surface area contributed by atoms with Crippen LogP contribution in [0, 0.1) is 19.8 Å². The second kappa shape index (κ2) is 4.97. The average molecular weight is 271 g/mol. The minimum atomic E-state index is -0.854. The second-order valence-electron chi connectivity index (χ2n) is 6.01. The van der Waals surface area contributed by atoms with Gasteiger partial charge >= 0.3 is 5.97 Å². The molecule has 20 heavy (non-hydrogen) atoms. The van der Waals surface area contributed by atoms with Crippen molar-refractivity contribution in [3.05, 3.63) is 35.0 Å². The normalized spacial score (nSPS) is 16.1. The molecule has 1 aliphatic rings. The molecule has 1 N–H and O–H groups in total. The number of hydrogen-bond donors (Lipinski definition) is 1. The summed E-state index contributed by atoms with van der Waals surface area (Å²) in [6, 6.07) is 5.49. The third-order valence-electron chi connectivity index (χ3n) is 4.80. The number of hydrogen-bond acceptors (Lipinski definition) is 1. The third-order valence-corrected chi connectivity index (χ3v) is 4.80. The molecule has 2 aromatic rings. The molecule has 1 fully saturated rings. The quantitative estimate of drug-likeness (QED) is 0.911. The van der Waals surface area contributed by atoms with Gasteiger partial charge in [-0.1, -0.05) is 12.8 Å². The van der Waals surface area contributed by atoms with Crippen LogP contribution >= 0.6 is 0 Å². The van der Waals surface area contributed by atoms with E-state index < -0.39 is 5.97 Å². The summed E-state index contributed by atoms with van der Waals surface area (Å²) in [4.78, 5) is 11.1. The lowest BCUT2D eigenvalue weighted by Gasteiger charge is -2.14. The number of aryl methyl sites for hydroxylation is 1. The van der Waals surface area contributed by atoms with Gasteiger partial charge < -0.3 is 9.67 Å². The van der Waals surface area contributed by atoms with Gasteiger partial charge in [-0.15, -0.1) is 0 Å². The van der Waals surface area contributed by atoms with Gasteiger partial charge in [-0.2, -0.15) is 0 Å². The molecule has 106 valence electrons. The predicted octanol–water partition coefficient (Wildman–Crippen LogP) is 4.15. The van der Waals surface area contributed by atoms with Crippen LogP contribution in [0.4, 0.5) is 0 Å². The molecule has 0 radical (unpaired) electrons. The van der Waals surface area contributed by atoms with Gasteiger partial charge in [-0.3, -0.25) is 0 Å². The predicted molar refractivity (Wildman–Crippen MR) is 80.3 cm³/mol.